The Morgan fingerprint density at radius 3 is 2.58 bits per heavy atom. The van der Waals surface area contributed by atoms with E-state index in [9.17, 15) is 10.1 Å². The van der Waals surface area contributed by atoms with E-state index in [2.05, 4.69) is 9.97 Å². The molecule has 0 aliphatic carbocycles. The number of hydrogen-bond donors (Lipinski definition) is 2. The highest BCUT2D eigenvalue weighted by Gasteiger charge is 2.13. The molecule has 1 heterocycles. The number of aromatic nitrogens is 2. The van der Waals surface area contributed by atoms with Gasteiger partial charge in [-0.05, 0) is 44.0 Å². The molecule has 0 radical (unpaired) electrons. The van der Waals surface area contributed by atoms with Gasteiger partial charge in [-0.2, -0.15) is 10.2 Å². The number of carbonyl (C=O) groups excluding carboxylic acids is 1. The summed E-state index contributed by atoms with van der Waals surface area (Å²) in [5.41, 5.74) is 12.6. The standard InChI is InChI=1S/C18H21N5O3/c1-2-25-15(24)5-3-4-10-26-13-8-6-12(7-9-13)16-14(11-19)17(20)23-18(21)22-16/h6-9H,2-5,10H2,1H3,(H4,20,21,22,23). The number of unbranched alkanes of at least 4 members (excludes halogenated alkanes) is 1. The predicted molar refractivity (Wildman–Crippen MR) is 97.0 cm³/mol. The van der Waals surface area contributed by atoms with E-state index in [1.165, 1.54) is 0 Å². The van der Waals surface area contributed by atoms with Gasteiger partial charge in [-0.1, -0.05) is 0 Å². The summed E-state index contributed by atoms with van der Waals surface area (Å²) in [5.74, 6) is 0.558. The fourth-order valence-corrected chi connectivity index (χ4v) is 2.32. The first-order valence-electron chi connectivity index (χ1n) is 8.27. The van der Waals surface area contributed by atoms with Crippen molar-refractivity contribution in [1.82, 2.24) is 9.97 Å². The molecule has 0 aliphatic heterocycles. The van der Waals surface area contributed by atoms with Crippen molar-refractivity contribution in [3.63, 3.8) is 0 Å². The maximum absolute atomic E-state index is 11.2. The number of rotatable bonds is 8. The summed E-state index contributed by atoms with van der Waals surface area (Å²) in [6.45, 7) is 2.68. The number of nitriles is 1. The fraction of sp³-hybridized carbons (Fsp3) is 0.333. The number of ether oxygens (including phenoxy) is 2. The van der Waals surface area contributed by atoms with Gasteiger partial charge in [-0.25, -0.2) is 4.98 Å². The van der Waals surface area contributed by atoms with Crippen molar-refractivity contribution in [3.8, 4) is 23.1 Å². The Labute approximate surface area is 151 Å². The monoisotopic (exact) mass is 355 g/mol. The van der Waals surface area contributed by atoms with Crippen LogP contribution < -0.4 is 16.2 Å². The molecule has 0 atom stereocenters. The van der Waals surface area contributed by atoms with Crippen molar-refractivity contribution in [1.29, 1.82) is 5.26 Å². The highest BCUT2D eigenvalue weighted by Crippen LogP contribution is 2.27. The van der Waals surface area contributed by atoms with Gasteiger partial charge in [0.1, 0.15) is 23.2 Å². The molecule has 0 saturated carbocycles. The minimum atomic E-state index is -0.187. The topological polar surface area (TPSA) is 137 Å². The normalized spacial score (nSPS) is 10.2. The molecule has 26 heavy (non-hydrogen) atoms. The van der Waals surface area contributed by atoms with E-state index < -0.39 is 0 Å². The van der Waals surface area contributed by atoms with Crippen molar-refractivity contribution < 1.29 is 14.3 Å². The Hall–Kier alpha value is -3.34. The number of anilines is 2. The van der Waals surface area contributed by atoms with Crippen LogP contribution in [0, 0.1) is 11.3 Å². The smallest absolute Gasteiger partial charge is 0.305 e. The van der Waals surface area contributed by atoms with Crippen molar-refractivity contribution in [3.05, 3.63) is 29.8 Å². The zero-order valence-electron chi connectivity index (χ0n) is 14.6. The van der Waals surface area contributed by atoms with E-state index in [0.717, 1.165) is 6.42 Å². The van der Waals surface area contributed by atoms with Gasteiger partial charge in [0.15, 0.2) is 0 Å². The van der Waals surface area contributed by atoms with Gasteiger partial charge in [0.05, 0.1) is 18.9 Å². The summed E-state index contributed by atoms with van der Waals surface area (Å²) in [4.78, 5) is 19.1. The van der Waals surface area contributed by atoms with Gasteiger partial charge in [0.25, 0.3) is 0 Å². The van der Waals surface area contributed by atoms with E-state index in [1.807, 2.05) is 6.07 Å². The van der Waals surface area contributed by atoms with Crippen molar-refractivity contribution in [2.75, 3.05) is 24.7 Å². The number of nitrogens with two attached hydrogens (primary N) is 2. The minimum Gasteiger partial charge on any atom is -0.494 e. The molecule has 8 heteroatoms. The lowest BCUT2D eigenvalue weighted by atomic mass is 10.1. The number of nitrogen functional groups attached to an aromatic ring is 2. The summed E-state index contributed by atoms with van der Waals surface area (Å²) < 4.78 is 10.5. The Morgan fingerprint density at radius 2 is 1.92 bits per heavy atom. The predicted octanol–water partition coefficient (Wildman–Crippen LogP) is 2.29. The maximum atomic E-state index is 11.2. The summed E-state index contributed by atoms with van der Waals surface area (Å²) >= 11 is 0. The van der Waals surface area contributed by atoms with Crippen LogP contribution in [0.3, 0.4) is 0 Å². The zero-order chi connectivity index (χ0) is 18.9. The van der Waals surface area contributed by atoms with Gasteiger partial charge < -0.3 is 20.9 Å². The molecule has 2 aromatic rings. The first kappa shape index (κ1) is 19.0. The highest BCUT2D eigenvalue weighted by atomic mass is 16.5. The van der Waals surface area contributed by atoms with E-state index in [4.69, 9.17) is 20.9 Å². The lowest BCUT2D eigenvalue weighted by Gasteiger charge is -2.09. The molecule has 0 aliphatic rings. The molecule has 4 N–H and O–H groups in total. The van der Waals surface area contributed by atoms with Gasteiger partial charge in [-0.3, -0.25) is 4.79 Å². The number of esters is 1. The molecule has 136 valence electrons. The third-order valence-electron chi connectivity index (χ3n) is 3.54. The number of nitrogens with zero attached hydrogens (tertiary/aromatic N) is 3. The minimum absolute atomic E-state index is 0.0124. The molecular formula is C18H21N5O3. The molecule has 0 amide bonds. The SMILES string of the molecule is CCOC(=O)CCCCOc1ccc(-c2nc(N)nc(N)c2C#N)cc1. The third-order valence-corrected chi connectivity index (χ3v) is 3.54. The first-order chi connectivity index (χ1) is 12.5. The quantitative estimate of drug-likeness (QED) is 0.543. The van der Waals surface area contributed by atoms with Gasteiger partial charge in [0, 0.05) is 12.0 Å². The number of carbonyl (C=O) groups is 1. The van der Waals surface area contributed by atoms with Crippen LogP contribution in [0.5, 0.6) is 5.75 Å². The second kappa shape index (κ2) is 9.22. The van der Waals surface area contributed by atoms with Crippen molar-refractivity contribution in [2.24, 2.45) is 0 Å². The number of hydrogen-bond acceptors (Lipinski definition) is 8. The Balaban J connectivity index is 1.93. The van der Waals surface area contributed by atoms with Gasteiger partial charge in [0.2, 0.25) is 5.95 Å². The fourth-order valence-electron chi connectivity index (χ4n) is 2.32. The molecule has 0 bridgehead atoms. The second-order valence-electron chi connectivity index (χ2n) is 5.44. The van der Waals surface area contributed by atoms with Crippen LogP contribution >= 0.6 is 0 Å². The van der Waals surface area contributed by atoms with Crippen LogP contribution in [-0.2, 0) is 9.53 Å². The summed E-state index contributed by atoms with van der Waals surface area (Å²) in [6.07, 6.45) is 1.85. The summed E-state index contributed by atoms with van der Waals surface area (Å²) in [5, 5.41) is 9.24. The molecule has 2 rings (SSSR count). The van der Waals surface area contributed by atoms with Crippen LogP contribution in [0.25, 0.3) is 11.3 Å². The van der Waals surface area contributed by atoms with Gasteiger partial charge in [-0.15, -0.1) is 0 Å². The Kier molecular flexibility index (Phi) is 6.74. The molecule has 1 aromatic heterocycles. The van der Waals surface area contributed by atoms with E-state index in [1.54, 1.807) is 31.2 Å². The molecule has 0 saturated heterocycles. The Bertz CT molecular complexity index is 800. The largest absolute Gasteiger partial charge is 0.494 e. The average Bonchev–Trinajstić information content (AvgIpc) is 2.61. The highest BCUT2D eigenvalue weighted by molar-refractivity contribution is 5.73. The van der Waals surface area contributed by atoms with Crippen LogP contribution in [0.4, 0.5) is 11.8 Å². The van der Waals surface area contributed by atoms with E-state index in [-0.39, 0.29) is 23.3 Å². The lowest BCUT2D eigenvalue weighted by Crippen LogP contribution is -2.05. The molecule has 0 fully saturated rings. The average molecular weight is 355 g/mol. The van der Waals surface area contributed by atoms with Gasteiger partial charge >= 0.3 is 5.97 Å². The molecule has 0 spiro atoms. The van der Waals surface area contributed by atoms with Crippen molar-refractivity contribution >= 4 is 17.7 Å². The summed E-state index contributed by atoms with van der Waals surface area (Å²) in [7, 11) is 0. The van der Waals surface area contributed by atoms with E-state index in [0.29, 0.717) is 43.1 Å². The van der Waals surface area contributed by atoms with Crippen LogP contribution in [0.2, 0.25) is 0 Å². The Morgan fingerprint density at radius 1 is 1.19 bits per heavy atom. The van der Waals surface area contributed by atoms with Crippen LogP contribution in [0.1, 0.15) is 31.7 Å². The molecule has 8 nitrogen and oxygen atoms in total. The molecule has 0 unspecified atom stereocenters. The van der Waals surface area contributed by atoms with Crippen molar-refractivity contribution in [2.45, 2.75) is 26.2 Å². The van der Waals surface area contributed by atoms with Crippen LogP contribution in [-0.4, -0.2) is 29.2 Å². The molecule has 1 aromatic carbocycles. The lowest BCUT2D eigenvalue weighted by molar-refractivity contribution is -0.143. The zero-order valence-corrected chi connectivity index (χ0v) is 14.6. The summed E-state index contributed by atoms with van der Waals surface area (Å²) in [6, 6.07) is 9.09. The third kappa shape index (κ3) is 5.08. The second-order valence-corrected chi connectivity index (χ2v) is 5.44. The first-order valence-corrected chi connectivity index (χ1v) is 8.27. The number of benzene rings is 1. The van der Waals surface area contributed by atoms with E-state index >= 15 is 0 Å². The maximum Gasteiger partial charge on any atom is 0.305 e. The van der Waals surface area contributed by atoms with Crippen LogP contribution in [0.15, 0.2) is 24.3 Å². The molecular weight excluding hydrogens is 334 g/mol.